The van der Waals surface area contributed by atoms with E-state index in [2.05, 4.69) is 5.32 Å². The number of non-ortho nitro benzene ring substituents is 1. The Hall–Kier alpha value is -1.86. The van der Waals surface area contributed by atoms with Crippen LogP contribution in [0.15, 0.2) is 24.3 Å². The zero-order valence-electron chi connectivity index (χ0n) is 11.7. The van der Waals surface area contributed by atoms with Gasteiger partial charge in [-0.3, -0.25) is 14.9 Å². The Morgan fingerprint density at radius 3 is 2.71 bits per heavy atom. The van der Waals surface area contributed by atoms with Gasteiger partial charge in [-0.05, 0) is 19.1 Å². The molecule has 0 aromatic heterocycles. The Balaban J connectivity index is 0.00000220. The minimum atomic E-state index is -0.475. The molecular formula is C13H18ClN3O4. The molecule has 1 aromatic rings. The minimum absolute atomic E-state index is 0. The van der Waals surface area contributed by atoms with Crippen LogP contribution in [0.1, 0.15) is 6.92 Å². The highest BCUT2D eigenvalue weighted by molar-refractivity contribution is 5.85. The van der Waals surface area contributed by atoms with Crippen molar-refractivity contribution in [3.05, 3.63) is 34.4 Å². The zero-order chi connectivity index (χ0) is 14.5. The first kappa shape index (κ1) is 17.2. The molecule has 1 fully saturated rings. The molecule has 2 rings (SSSR count). The van der Waals surface area contributed by atoms with Gasteiger partial charge >= 0.3 is 0 Å². The summed E-state index contributed by atoms with van der Waals surface area (Å²) < 4.78 is 5.37. The standard InChI is InChI=1S/C13H17N3O4.ClH/c1-10-8-14-6-7-15(10)13(17)9-20-12-4-2-11(3-5-12)16(18)19;/h2-5,10,14H,6-9H2,1H3;1H. The van der Waals surface area contributed by atoms with Gasteiger partial charge in [-0.1, -0.05) is 0 Å². The van der Waals surface area contributed by atoms with Crippen molar-refractivity contribution < 1.29 is 14.5 Å². The van der Waals surface area contributed by atoms with Crippen LogP contribution in [-0.4, -0.2) is 48.0 Å². The summed E-state index contributed by atoms with van der Waals surface area (Å²) in [7, 11) is 0. The molecule has 0 saturated carbocycles. The Morgan fingerprint density at radius 2 is 2.14 bits per heavy atom. The summed E-state index contributed by atoms with van der Waals surface area (Å²) in [5, 5.41) is 13.7. The van der Waals surface area contributed by atoms with E-state index >= 15 is 0 Å². The van der Waals surface area contributed by atoms with Gasteiger partial charge in [0.25, 0.3) is 11.6 Å². The summed E-state index contributed by atoms with van der Waals surface area (Å²) in [6.45, 7) is 4.17. The van der Waals surface area contributed by atoms with Crippen LogP contribution >= 0.6 is 12.4 Å². The molecule has 1 N–H and O–H groups in total. The number of piperazine rings is 1. The van der Waals surface area contributed by atoms with Crippen LogP contribution in [0.4, 0.5) is 5.69 Å². The maximum Gasteiger partial charge on any atom is 0.269 e. The predicted octanol–water partition coefficient (Wildman–Crippen LogP) is 1.22. The number of carbonyl (C=O) groups is 1. The van der Waals surface area contributed by atoms with Crippen molar-refractivity contribution in [2.24, 2.45) is 0 Å². The van der Waals surface area contributed by atoms with Crippen LogP contribution in [-0.2, 0) is 4.79 Å². The summed E-state index contributed by atoms with van der Waals surface area (Å²) in [4.78, 5) is 23.8. The Bertz CT molecular complexity index is 495. The average molecular weight is 316 g/mol. The van der Waals surface area contributed by atoms with E-state index in [4.69, 9.17) is 4.74 Å². The van der Waals surface area contributed by atoms with Gasteiger partial charge in [0.1, 0.15) is 5.75 Å². The molecule has 1 atom stereocenters. The first-order chi connectivity index (χ1) is 9.58. The van der Waals surface area contributed by atoms with Gasteiger partial charge in [0.05, 0.1) is 4.92 Å². The molecule has 1 aromatic carbocycles. The van der Waals surface area contributed by atoms with Crippen molar-refractivity contribution in [2.45, 2.75) is 13.0 Å². The highest BCUT2D eigenvalue weighted by atomic mass is 35.5. The first-order valence-electron chi connectivity index (χ1n) is 6.45. The number of halogens is 1. The lowest BCUT2D eigenvalue weighted by Crippen LogP contribution is -2.53. The third-order valence-corrected chi connectivity index (χ3v) is 3.23. The van der Waals surface area contributed by atoms with E-state index in [0.717, 1.165) is 13.1 Å². The fourth-order valence-corrected chi connectivity index (χ4v) is 2.10. The highest BCUT2D eigenvalue weighted by Crippen LogP contribution is 2.17. The van der Waals surface area contributed by atoms with Crippen molar-refractivity contribution in [3.63, 3.8) is 0 Å². The van der Waals surface area contributed by atoms with Crippen LogP contribution in [0.5, 0.6) is 5.75 Å². The normalized spacial score (nSPS) is 17.8. The third-order valence-electron chi connectivity index (χ3n) is 3.23. The van der Waals surface area contributed by atoms with E-state index in [-0.39, 0.29) is 36.7 Å². The zero-order valence-corrected chi connectivity index (χ0v) is 12.5. The molecule has 21 heavy (non-hydrogen) atoms. The Labute approximate surface area is 128 Å². The highest BCUT2D eigenvalue weighted by Gasteiger charge is 2.23. The maximum absolute atomic E-state index is 12.0. The lowest BCUT2D eigenvalue weighted by molar-refractivity contribution is -0.384. The average Bonchev–Trinajstić information content (AvgIpc) is 2.45. The van der Waals surface area contributed by atoms with Crippen LogP contribution < -0.4 is 10.1 Å². The van der Waals surface area contributed by atoms with Crippen LogP contribution in [0.25, 0.3) is 0 Å². The number of hydrogen-bond acceptors (Lipinski definition) is 5. The van der Waals surface area contributed by atoms with Gasteiger partial charge < -0.3 is 15.0 Å². The van der Waals surface area contributed by atoms with E-state index < -0.39 is 4.92 Å². The Kier molecular flexibility index (Phi) is 6.39. The van der Waals surface area contributed by atoms with E-state index in [0.29, 0.717) is 12.3 Å². The van der Waals surface area contributed by atoms with Gasteiger partial charge in [0, 0.05) is 37.8 Å². The lowest BCUT2D eigenvalue weighted by atomic mass is 10.2. The van der Waals surface area contributed by atoms with Gasteiger partial charge in [-0.25, -0.2) is 0 Å². The molecule has 1 aliphatic rings. The number of benzene rings is 1. The quantitative estimate of drug-likeness (QED) is 0.667. The van der Waals surface area contributed by atoms with Gasteiger partial charge in [0.15, 0.2) is 6.61 Å². The molecule has 0 bridgehead atoms. The van der Waals surface area contributed by atoms with Gasteiger partial charge in [0.2, 0.25) is 0 Å². The predicted molar refractivity (Wildman–Crippen MR) is 79.9 cm³/mol. The number of hydrogen-bond donors (Lipinski definition) is 1. The molecule has 1 saturated heterocycles. The van der Waals surface area contributed by atoms with E-state index in [1.165, 1.54) is 24.3 Å². The van der Waals surface area contributed by atoms with E-state index in [9.17, 15) is 14.9 Å². The van der Waals surface area contributed by atoms with Crippen LogP contribution in [0.3, 0.4) is 0 Å². The van der Waals surface area contributed by atoms with Crippen molar-refractivity contribution in [3.8, 4) is 5.75 Å². The van der Waals surface area contributed by atoms with Crippen molar-refractivity contribution in [2.75, 3.05) is 26.2 Å². The summed E-state index contributed by atoms with van der Waals surface area (Å²) in [6, 6.07) is 5.84. The Morgan fingerprint density at radius 1 is 1.48 bits per heavy atom. The molecule has 1 aliphatic heterocycles. The third kappa shape index (κ3) is 4.57. The smallest absolute Gasteiger partial charge is 0.269 e. The van der Waals surface area contributed by atoms with E-state index in [1.54, 1.807) is 4.90 Å². The number of rotatable bonds is 4. The summed E-state index contributed by atoms with van der Waals surface area (Å²) in [6.07, 6.45) is 0. The number of amides is 1. The van der Waals surface area contributed by atoms with Gasteiger partial charge in [-0.15, -0.1) is 12.4 Å². The lowest BCUT2D eigenvalue weighted by Gasteiger charge is -2.33. The maximum atomic E-state index is 12.0. The second kappa shape index (κ2) is 7.80. The van der Waals surface area contributed by atoms with Crippen LogP contribution in [0.2, 0.25) is 0 Å². The summed E-state index contributed by atoms with van der Waals surface area (Å²) in [5.41, 5.74) is -0.000552. The van der Waals surface area contributed by atoms with Crippen molar-refractivity contribution in [1.29, 1.82) is 0 Å². The SMILES string of the molecule is CC1CNCCN1C(=O)COc1ccc([N+](=O)[O-])cc1.Cl. The van der Waals surface area contributed by atoms with Gasteiger partial charge in [-0.2, -0.15) is 0 Å². The molecule has 7 nitrogen and oxygen atoms in total. The number of nitro groups is 1. The molecule has 1 heterocycles. The molecule has 116 valence electrons. The topological polar surface area (TPSA) is 84.7 Å². The largest absolute Gasteiger partial charge is 0.484 e. The van der Waals surface area contributed by atoms with Crippen LogP contribution in [0, 0.1) is 10.1 Å². The molecular weight excluding hydrogens is 298 g/mol. The molecule has 1 unspecified atom stereocenters. The molecule has 8 heteroatoms. The second-order valence-electron chi connectivity index (χ2n) is 4.68. The molecule has 1 amide bonds. The van der Waals surface area contributed by atoms with Crippen molar-refractivity contribution >= 4 is 24.0 Å². The minimum Gasteiger partial charge on any atom is -0.484 e. The molecule has 0 aliphatic carbocycles. The fraction of sp³-hybridized carbons (Fsp3) is 0.462. The number of ether oxygens (including phenoxy) is 1. The second-order valence-corrected chi connectivity index (χ2v) is 4.68. The first-order valence-corrected chi connectivity index (χ1v) is 6.45. The van der Waals surface area contributed by atoms with Crippen molar-refractivity contribution in [1.82, 2.24) is 10.2 Å². The molecule has 0 radical (unpaired) electrons. The molecule has 0 spiro atoms. The monoisotopic (exact) mass is 315 g/mol. The fourth-order valence-electron chi connectivity index (χ4n) is 2.10. The number of nitro benzene ring substituents is 1. The number of nitrogens with zero attached hydrogens (tertiary/aromatic N) is 2. The summed E-state index contributed by atoms with van der Waals surface area (Å²) in [5.74, 6) is 0.379. The number of nitrogens with one attached hydrogen (secondary N) is 1. The number of carbonyl (C=O) groups excluding carboxylic acids is 1. The van der Waals surface area contributed by atoms with E-state index in [1.807, 2.05) is 6.92 Å². The summed E-state index contributed by atoms with van der Waals surface area (Å²) >= 11 is 0.